The minimum Gasteiger partial charge on any atom is -0.397 e. The second kappa shape index (κ2) is 5.16. The summed E-state index contributed by atoms with van der Waals surface area (Å²) < 4.78 is 22.8. The van der Waals surface area contributed by atoms with Gasteiger partial charge < -0.3 is 16.2 Å². The van der Waals surface area contributed by atoms with Crippen LogP contribution in [0, 0.1) is 0 Å². The number of nitrogen functional groups attached to an aromatic ring is 1. The molecule has 0 aliphatic carbocycles. The van der Waals surface area contributed by atoms with Crippen LogP contribution in [0.15, 0.2) is 23.1 Å². The van der Waals surface area contributed by atoms with Gasteiger partial charge in [-0.05, 0) is 31.5 Å². The predicted octanol–water partition coefficient (Wildman–Crippen LogP) is 1.25. The van der Waals surface area contributed by atoms with E-state index in [4.69, 9.17) is 5.73 Å². The average Bonchev–Trinajstić information content (AvgIpc) is 2.30. The maximum absolute atomic E-state index is 11.4. The van der Waals surface area contributed by atoms with Crippen molar-refractivity contribution in [1.82, 2.24) is 0 Å². The first kappa shape index (κ1) is 14.8. The van der Waals surface area contributed by atoms with Crippen LogP contribution < -0.4 is 11.1 Å². The van der Waals surface area contributed by atoms with Crippen LogP contribution in [0.5, 0.6) is 0 Å². The lowest BCUT2D eigenvalue weighted by molar-refractivity contribution is 0.219. The van der Waals surface area contributed by atoms with Gasteiger partial charge in [0.25, 0.3) is 0 Å². The Balaban J connectivity index is 3.08. The molecule has 0 radical (unpaired) electrons. The van der Waals surface area contributed by atoms with E-state index in [0.29, 0.717) is 11.4 Å². The van der Waals surface area contributed by atoms with Crippen molar-refractivity contribution < 1.29 is 13.5 Å². The topological polar surface area (TPSA) is 92.4 Å². The first-order valence-electron chi connectivity index (χ1n) is 5.70. The van der Waals surface area contributed by atoms with Crippen molar-refractivity contribution in [2.75, 3.05) is 23.9 Å². The molecule has 1 unspecified atom stereocenters. The molecule has 0 saturated heterocycles. The van der Waals surface area contributed by atoms with Gasteiger partial charge in [-0.15, -0.1) is 0 Å². The summed E-state index contributed by atoms with van der Waals surface area (Å²) in [6.45, 7) is 3.79. The summed E-state index contributed by atoms with van der Waals surface area (Å²) in [7, 11) is -3.25. The summed E-state index contributed by atoms with van der Waals surface area (Å²) in [5.74, 6) is 0. The fourth-order valence-electron chi connectivity index (χ4n) is 1.45. The minimum absolute atomic E-state index is 0.0310. The molecule has 18 heavy (non-hydrogen) atoms. The Bertz CT molecular complexity index is 522. The molecule has 0 fully saturated rings. The van der Waals surface area contributed by atoms with Gasteiger partial charge in [-0.2, -0.15) is 0 Å². The summed E-state index contributed by atoms with van der Waals surface area (Å²) in [6, 6.07) is 4.54. The zero-order valence-electron chi connectivity index (χ0n) is 10.9. The van der Waals surface area contributed by atoms with Gasteiger partial charge >= 0.3 is 0 Å². The standard InChI is InChI=1S/C12H20N2O3S/c1-4-12(2,8-15)14-11-6-5-9(7-10(11)13)18(3,16)17/h5-7,14-15H,4,8,13H2,1-3H3. The van der Waals surface area contributed by atoms with Crippen molar-refractivity contribution in [2.45, 2.75) is 30.7 Å². The number of aliphatic hydroxyl groups is 1. The normalized spacial score (nSPS) is 15.1. The van der Waals surface area contributed by atoms with Crippen LogP contribution in [0.3, 0.4) is 0 Å². The molecule has 0 bridgehead atoms. The first-order valence-corrected chi connectivity index (χ1v) is 7.59. The van der Waals surface area contributed by atoms with Gasteiger partial charge in [-0.25, -0.2) is 8.42 Å². The third kappa shape index (κ3) is 3.36. The van der Waals surface area contributed by atoms with Crippen molar-refractivity contribution in [2.24, 2.45) is 0 Å². The molecule has 0 heterocycles. The Morgan fingerprint density at radius 3 is 2.44 bits per heavy atom. The summed E-state index contributed by atoms with van der Waals surface area (Å²) >= 11 is 0. The molecule has 1 aromatic carbocycles. The fourth-order valence-corrected chi connectivity index (χ4v) is 2.11. The maximum atomic E-state index is 11.4. The molecule has 1 atom stereocenters. The molecule has 6 heteroatoms. The average molecular weight is 272 g/mol. The zero-order valence-corrected chi connectivity index (χ0v) is 11.7. The van der Waals surface area contributed by atoms with E-state index in [1.54, 1.807) is 6.07 Å². The largest absolute Gasteiger partial charge is 0.397 e. The molecule has 0 saturated carbocycles. The highest BCUT2D eigenvalue weighted by atomic mass is 32.2. The molecule has 102 valence electrons. The lowest BCUT2D eigenvalue weighted by Gasteiger charge is -2.29. The predicted molar refractivity (Wildman–Crippen MR) is 73.4 cm³/mol. The number of anilines is 2. The van der Waals surface area contributed by atoms with E-state index in [1.807, 2.05) is 13.8 Å². The van der Waals surface area contributed by atoms with E-state index < -0.39 is 15.4 Å². The third-order valence-corrected chi connectivity index (χ3v) is 4.13. The van der Waals surface area contributed by atoms with Gasteiger partial charge in [-0.1, -0.05) is 6.92 Å². The molecule has 4 N–H and O–H groups in total. The molecule has 1 rings (SSSR count). The van der Waals surface area contributed by atoms with Crippen LogP contribution in [-0.2, 0) is 9.84 Å². The van der Waals surface area contributed by atoms with Crippen LogP contribution in [0.4, 0.5) is 11.4 Å². The number of hydrogen-bond donors (Lipinski definition) is 3. The molecule has 1 aromatic rings. The molecular formula is C12H20N2O3S. The minimum atomic E-state index is -3.25. The lowest BCUT2D eigenvalue weighted by atomic mass is 9.99. The lowest BCUT2D eigenvalue weighted by Crippen LogP contribution is -2.38. The third-order valence-electron chi connectivity index (χ3n) is 3.02. The Labute approximate surface area is 108 Å². The van der Waals surface area contributed by atoms with Crippen LogP contribution >= 0.6 is 0 Å². The SMILES string of the molecule is CCC(C)(CO)Nc1ccc(S(C)(=O)=O)cc1N. The molecule has 0 amide bonds. The van der Waals surface area contributed by atoms with E-state index in [2.05, 4.69) is 5.32 Å². The van der Waals surface area contributed by atoms with Gasteiger partial charge in [0.1, 0.15) is 0 Å². The second-order valence-corrected chi connectivity index (χ2v) is 6.73. The monoisotopic (exact) mass is 272 g/mol. The van der Waals surface area contributed by atoms with Crippen molar-refractivity contribution in [1.29, 1.82) is 0 Å². The van der Waals surface area contributed by atoms with Gasteiger partial charge in [0.15, 0.2) is 9.84 Å². The fraction of sp³-hybridized carbons (Fsp3) is 0.500. The number of rotatable bonds is 5. The van der Waals surface area contributed by atoms with E-state index in [-0.39, 0.29) is 11.5 Å². The van der Waals surface area contributed by atoms with Crippen molar-refractivity contribution in [3.05, 3.63) is 18.2 Å². The Hall–Kier alpha value is -1.27. The highest BCUT2D eigenvalue weighted by Crippen LogP contribution is 2.26. The molecular weight excluding hydrogens is 252 g/mol. The van der Waals surface area contributed by atoms with E-state index >= 15 is 0 Å². The van der Waals surface area contributed by atoms with Crippen LogP contribution in [0.25, 0.3) is 0 Å². The summed E-state index contributed by atoms with van der Waals surface area (Å²) in [6.07, 6.45) is 1.86. The number of hydrogen-bond acceptors (Lipinski definition) is 5. The first-order chi connectivity index (χ1) is 8.22. The van der Waals surface area contributed by atoms with Gasteiger partial charge in [0.05, 0.1) is 28.4 Å². The number of nitrogens with two attached hydrogens (primary N) is 1. The zero-order chi connectivity index (χ0) is 14.0. The molecule has 0 spiro atoms. The van der Waals surface area contributed by atoms with Gasteiger partial charge in [-0.3, -0.25) is 0 Å². The van der Waals surface area contributed by atoms with E-state index in [9.17, 15) is 13.5 Å². The summed E-state index contributed by atoms with van der Waals surface area (Å²) in [5.41, 5.74) is 6.33. The maximum Gasteiger partial charge on any atom is 0.175 e. The Kier molecular flexibility index (Phi) is 4.24. The van der Waals surface area contributed by atoms with Crippen LogP contribution in [-0.4, -0.2) is 31.9 Å². The van der Waals surface area contributed by atoms with Crippen molar-refractivity contribution in [3.8, 4) is 0 Å². The van der Waals surface area contributed by atoms with Crippen LogP contribution in [0.2, 0.25) is 0 Å². The highest BCUT2D eigenvalue weighted by Gasteiger charge is 2.21. The van der Waals surface area contributed by atoms with Crippen molar-refractivity contribution in [3.63, 3.8) is 0 Å². The second-order valence-electron chi connectivity index (χ2n) is 4.72. The number of benzene rings is 1. The highest BCUT2D eigenvalue weighted by molar-refractivity contribution is 7.90. The molecule has 0 aromatic heterocycles. The summed E-state index contributed by atoms with van der Waals surface area (Å²) in [4.78, 5) is 0.188. The van der Waals surface area contributed by atoms with Crippen molar-refractivity contribution >= 4 is 21.2 Å². The summed E-state index contributed by atoms with van der Waals surface area (Å²) in [5, 5.41) is 12.5. The van der Waals surface area contributed by atoms with Crippen LogP contribution in [0.1, 0.15) is 20.3 Å². The molecule has 0 aliphatic rings. The Morgan fingerprint density at radius 2 is 2.06 bits per heavy atom. The molecule has 0 aliphatic heterocycles. The molecule has 5 nitrogen and oxygen atoms in total. The smallest absolute Gasteiger partial charge is 0.175 e. The number of nitrogens with one attached hydrogen (secondary N) is 1. The van der Waals surface area contributed by atoms with Gasteiger partial charge in [0.2, 0.25) is 0 Å². The van der Waals surface area contributed by atoms with E-state index in [1.165, 1.54) is 12.1 Å². The van der Waals surface area contributed by atoms with Gasteiger partial charge in [0, 0.05) is 6.26 Å². The Morgan fingerprint density at radius 1 is 1.44 bits per heavy atom. The number of aliphatic hydroxyl groups excluding tert-OH is 1. The van der Waals surface area contributed by atoms with E-state index in [0.717, 1.165) is 12.7 Å². The quantitative estimate of drug-likeness (QED) is 0.701. The number of sulfone groups is 1.